The van der Waals surface area contributed by atoms with Crippen LogP contribution in [0.4, 0.5) is 5.82 Å². The van der Waals surface area contributed by atoms with E-state index in [4.69, 9.17) is 8.94 Å². The summed E-state index contributed by atoms with van der Waals surface area (Å²) in [7, 11) is 0. The monoisotopic (exact) mass is 350 g/mol. The van der Waals surface area contributed by atoms with Gasteiger partial charge in [-0.1, -0.05) is 5.16 Å². The van der Waals surface area contributed by atoms with Gasteiger partial charge in [-0.05, 0) is 37.1 Å². The standard InChI is InChI=1S/C18H18N6O2/c19-11-13-3-1-7-20-18(13)24-8-5-14(6-9-24)21-12-16-22-17(23-26-16)15-4-2-10-25-15/h1-4,7,10,14,21H,5-6,8-9,12H2. The van der Waals surface area contributed by atoms with E-state index < -0.39 is 0 Å². The van der Waals surface area contributed by atoms with E-state index in [2.05, 4.69) is 31.4 Å². The predicted octanol–water partition coefficient (Wildman–Crippen LogP) is 2.35. The average molecular weight is 350 g/mol. The molecule has 4 heterocycles. The second kappa shape index (κ2) is 7.37. The van der Waals surface area contributed by atoms with Crippen LogP contribution in [0.25, 0.3) is 11.6 Å². The number of nitrogens with zero attached hydrogens (tertiary/aromatic N) is 5. The van der Waals surface area contributed by atoms with Crippen molar-refractivity contribution in [2.45, 2.75) is 25.4 Å². The van der Waals surface area contributed by atoms with Crippen LogP contribution >= 0.6 is 0 Å². The summed E-state index contributed by atoms with van der Waals surface area (Å²) in [6, 6.07) is 9.75. The van der Waals surface area contributed by atoms with E-state index in [0.717, 1.165) is 31.7 Å². The maximum Gasteiger partial charge on any atom is 0.241 e. The molecule has 1 aliphatic heterocycles. The van der Waals surface area contributed by atoms with Crippen molar-refractivity contribution < 1.29 is 8.94 Å². The molecule has 3 aromatic rings. The van der Waals surface area contributed by atoms with Gasteiger partial charge in [0, 0.05) is 25.3 Å². The van der Waals surface area contributed by atoms with E-state index in [1.807, 2.05) is 0 Å². The van der Waals surface area contributed by atoms with Crippen molar-refractivity contribution in [1.82, 2.24) is 20.4 Å². The Balaban J connectivity index is 1.30. The van der Waals surface area contributed by atoms with Crippen LogP contribution in [0.3, 0.4) is 0 Å². The van der Waals surface area contributed by atoms with Gasteiger partial charge in [0.25, 0.3) is 0 Å². The van der Waals surface area contributed by atoms with E-state index in [1.165, 1.54) is 0 Å². The zero-order valence-corrected chi connectivity index (χ0v) is 14.1. The molecule has 0 atom stereocenters. The molecule has 0 radical (unpaired) electrons. The van der Waals surface area contributed by atoms with E-state index >= 15 is 0 Å². The van der Waals surface area contributed by atoms with Gasteiger partial charge in [-0.2, -0.15) is 10.2 Å². The van der Waals surface area contributed by atoms with Crippen LogP contribution in [-0.4, -0.2) is 34.3 Å². The Morgan fingerprint density at radius 1 is 1.27 bits per heavy atom. The highest BCUT2D eigenvalue weighted by Gasteiger charge is 2.22. The summed E-state index contributed by atoms with van der Waals surface area (Å²) in [6.07, 6.45) is 5.23. The first kappa shape index (κ1) is 16.3. The summed E-state index contributed by atoms with van der Waals surface area (Å²) in [5, 5.41) is 16.6. The van der Waals surface area contributed by atoms with Crippen LogP contribution in [0.15, 0.2) is 45.7 Å². The maximum atomic E-state index is 9.22. The van der Waals surface area contributed by atoms with Gasteiger partial charge < -0.3 is 19.2 Å². The number of piperidine rings is 1. The highest BCUT2D eigenvalue weighted by molar-refractivity contribution is 5.53. The Morgan fingerprint density at radius 2 is 2.15 bits per heavy atom. The molecule has 0 saturated carbocycles. The van der Waals surface area contributed by atoms with Crippen molar-refractivity contribution in [2.24, 2.45) is 0 Å². The molecule has 0 unspecified atom stereocenters. The van der Waals surface area contributed by atoms with Crippen molar-refractivity contribution >= 4 is 5.82 Å². The minimum Gasteiger partial charge on any atom is -0.461 e. The van der Waals surface area contributed by atoms with Crippen molar-refractivity contribution in [3.8, 4) is 17.7 Å². The Morgan fingerprint density at radius 3 is 2.92 bits per heavy atom. The highest BCUT2D eigenvalue weighted by atomic mass is 16.5. The fourth-order valence-electron chi connectivity index (χ4n) is 3.10. The molecule has 4 rings (SSSR count). The number of rotatable bonds is 5. The summed E-state index contributed by atoms with van der Waals surface area (Å²) in [5.74, 6) is 2.36. The number of hydrogen-bond acceptors (Lipinski definition) is 8. The average Bonchev–Trinajstić information content (AvgIpc) is 3.38. The molecule has 8 heteroatoms. The van der Waals surface area contributed by atoms with Crippen molar-refractivity contribution in [3.63, 3.8) is 0 Å². The SMILES string of the molecule is N#Cc1cccnc1N1CCC(NCc2nc(-c3ccco3)no2)CC1. The first-order valence-electron chi connectivity index (χ1n) is 8.53. The minimum atomic E-state index is 0.361. The smallest absolute Gasteiger partial charge is 0.241 e. The van der Waals surface area contributed by atoms with Gasteiger partial charge in [0.15, 0.2) is 5.76 Å². The third-order valence-electron chi connectivity index (χ3n) is 4.45. The number of nitrogens with one attached hydrogen (secondary N) is 1. The fourth-order valence-corrected chi connectivity index (χ4v) is 3.10. The summed E-state index contributed by atoms with van der Waals surface area (Å²) < 4.78 is 10.5. The van der Waals surface area contributed by atoms with Gasteiger partial charge >= 0.3 is 0 Å². The quantitative estimate of drug-likeness (QED) is 0.748. The maximum absolute atomic E-state index is 9.22. The summed E-state index contributed by atoms with van der Waals surface area (Å²) >= 11 is 0. The first-order valence-corrected chi connectivity index (χ1v) is 8.53. The lowest BCUT2D eigenvalue weighted by molar-refractivity contribution is 0.340. The molecule has 1 saturated heterocycles. The summed E-state index contributed by atoms with van der Waals surface area (Å²) in [5.41, 5.74) is 0.621. The van der Waals surface area contributed by atoms with Crippen LogP contribution in [0.5, 0.6) is 0 Å². The summed E-state index contributed by atoms with van der Waals surface area (Å²) in [4.78, 5) is 10.9. The zero-order valence-electron chi connectivity index (χ0n) is 14.1. The third-order valence-corrected chi connectivity index (χ3v) is 4.45. The predicted molar refractivity (Wildman–Crippen MR) is 93.0 cm³/mol. The lowest BCUT2D eigenvalue weighted by atomic mass is 10.0. The van der Waals surface area contributed by atoms with Gasteiger partial charge in [0.2, 0.25) is 11.7 Å². The molecule has 1 aliphatic rings. The van der Waals surface area contributed by atoms with E-state index in [0.29, 0.717) is 35.6 Å². The number of hydrogen-bond donors (Lipinski definition) is 1. The molecular formula is C18H18N6O2. The topological polar surface area (TPSA) is 104 Å². The molecule has 3 aromatic heterocycles. The molecule has 1 N–H and O–H groups in total. The van der Waals surface area contributed by atoms with Gasteiger partial charge in [-0.3, -0.25) is 0 Å². The number of aromatic nitrogens is 3. The van der Waals surface area contributed by atoms with Crippen LogP contribution < -0.4 is 10.2 Å². The third kappa shape index (κ3) is 3.43. The van der Waals surface area contributed by atoms with Crippen LogP contribution in [0, 0.1) is 11.3 Å². The molecule has 132 valence electrons. The van der Waals surface area contributed by atoms with E-state index in [9.17, 15) is 5.26 Å². The Bertz CT molecular complexity index is 891. The molecule has 0 bridgehead atoms. The van der Waals surface area contributed by atoms with Crippen molar-refractivity contribution in [3.05, 3.63) is 48.2 Å². The normalized spacial score (nSPS) is 15.1. The summed E-state index contributed by atoms with van der Waals surface area (Å²) in [6.45, 7) is 2.22. The molecule has 8 nitrogen and oxygen atoms in total. The minimum absolute atomic E-state index is 0.361. The number of anilines is 1. The van der Waals surface area contributed by atoms with Gasteiger partial charge in [-0.25, -0.2) is 4.98 Å². The Hall–Kier alpha value is -3.18. The molecule has 0 amide bonds. The molecule has 0 spiro atoms. The molecule has 26 heavy (non-hydrogen) atoms. The second-order valence-electron chi connectivity index (χ2n) is 6.12. The van der Waals surface area contributed by atoms with Crippen LogP contribution in [-0.2, 0) is 6.54 Å². The first-order chi connectivity index (χ1) is 12.8. The zero-order chi connectivity index (χ0) is 17.8. The molecule has 1 fully saturated rings. The number of furan rings is 1. The van der Waals surface area contributed by atoms with Crippen LogP contribution in [0.2, 0.25) is 0 Å². The molecule has 0 aliphatic carbocycles. The molecular weight excluding hydrogens is 332 g/mol. The fraction of sp³-hybridized carbons (Fsp3) is 0.333. The molecule has 0 aromatic carbocycles. The van der Waals surface area contributed by atoms with E-state index in [-0.39, 0.29) is 0 Å². The van der Waals surface area contributed by atoms with Gasteiger partial charge in [0.1, 0.15) is 11.9 Å². The van der Waals surface area contributed by atoms with Crippen molar-refractivity contribution in [1.29, 1.82) is 5.26 Å². The number of nitriles is 1. The van der Waals surface area contributed by atoms with Gasteiger partial charge in [0.05, 0.1) is 18.4 Å². The highest BCUT2D eigenvalue weighted by Crippen LogP contribution is 2.21. The Kier molecular flexibility index (Phi) is 4.62. The lowest BCUT2D eigenvalue weighted by Gasteiger charge is -2.33. The van der Waals surface area contributed by atoms with Crippen LogP contribution in [0.1, 0.15) is 24.3 Å². The second-order valence-corrected chi connectivity index (χ2v) is 6.12. The van der Waals surface area contributed by atoms with E-state index in [1.54, 1.807) is 36.7 Å². The van der Waals surface area contributed by atoms with Crippen molar-refractivity contribution in [2.75, 3.05) is 18.0 Å². The van der Waals surface area contributed by atoms with Gasteiger partial charge in [-0.15, -0.1) is 0 Å². The number of pyridine rings is 1. The lowest BCUT2D eigenvalue weighted by Crippen LogP contribution is -2.42. The largest absolute Gasteiger partial charge is 0.461 e. The Labute approximate surface area is 150 Å².